The highest BCUT2D eigenvalue weighted by atomic mass is 15.3. The van der Waals surface area contributed by atoms with Gasteiger partial charge in [0.2, 0.25) is 0 Å². The molecular formula is C16H25N5. The van der Waals surface area contributed by atoms with Crippen molar-refractivity contribution in [3.8, 4) is 0 Å². The molecule has 1 aromatic carbocycles. The standard InChI is InChI=1S/C16H25N5/c1-5-6-21-15(18-10-19-21)9-14(20-17)16-12(3)7-11(2)8-13(16)4/h7-8,10,14,20H,5-6,9,17H2,1-4H3. The molecule has 0 fully saturated rings. The van der Waals surface area contributed by atoms with Crippen LogP contribution in [0.15, 0.2) is 18.5 Å². The van der Waals surface area contributed by atoms with Crippen molar-refractivity contribution >= 4 is 0 Å². The van der Waals surface area contributed by atoms with E-state index in [0.717, 1.165) is 25.2 Å². The van der Waals surface area contributed by atoms with Gasteiger partial charge < -0.3 is 0 Å². The van der Waals surface area contributed by atoms with Crippen LogP contribution in [0.5, 0.6) is 0 Å². The van der Waals surface area contributed by atoms with Crippen LogP contribution in [0.4, 0.5) is 0 Å². The van der Waals surface area contributed by atoms with Crippen molar-refractivity contribution in [2.75, 3.05) is 0 Å². The molecular weight excluding hydrogens is 262 g/mol. The first-order chi connectivity index (χ1) is 10.1. The minimum absolute atomic E-state index is 0.0467. The van der Waals surface area contributed by atoms with Crippen LogP contribution in [-0.2, 0) is 13.0 Å². The predicted molar refractivity (Wildman–Crippen MR) is 84.7 cm³/mol. The Morgan fingerprint density at radius 2 is 1.90 bits per heavy atom. The summed E-state index contributed by atoms with van der Waals surface area (Å²) in [6.07, 6.45) is 3.40. The quantitative estimate of drug-likeness (QED) is 0.632. The number of aromatic nitrogens is 3. The maximum Gasteiger partial charge on any atom is 0.138 e. The second-order valence-corrected chi connectivity index (χ2v) is 5.64. The second-order valence-electron chi connectivity index (χ2n) is 5.64. The molecule has 5 heteroatoms. The van der Waals surface area contributed by atoms with E-state index in [1.807, 2.05) is 4.68 Å². The van der Waals surface area contributed by atoms with Crippen LogP contribution in [0.3, 0.4) is 0 Å². The maximum absolute atomic E-state index is 5.81. The van der Waals surface area contributed by atoms with E-state index in [1.165, 1.54) is 22.3 Å². The number of rotatable bonds is 6. The average molecular weight is 287 g/mol. The molecule has 0 radical (unpaired) electrons. The average Bonchev–Trinajstić information content (AvgIpc) is 2.84. The Hall–Kier alpha value is -1.72. The molecule has 1 unspecified atom stereocenters. The van der Waals surface area contributed by atoms with Crippen LogP contribution in [0, 0.1) is 20.8 Å². The molecule has 0 saturated heterocycles. The number of nitrogens with zero attached hydrogens (tertiary/aromatic N) is 3. The Balaban J connectivity index is 2.30. The van der Waals surface area contributed by atoms with Gasteiger partial charge in [-0.2, -0.15) is 5.10 Å². The summed E-state index contributed by atoms with van der Waals surface area (Å²) >= 11 is 0. The van der Waals surface area contributed by atoms with Crippen LogP contribution < -0.4 is 11.3 Å². The molecule has 5 nitrogen and oxygen atoms in total. The third-order valence-corrected chi connectivity index (χ3v) is 3.81. The number of hydrazine groups is 1. The van der Waals surface area contributed by atoms with E-state index in [0.29, 0.717) is 0 Å². The molecule has 114 valence electrons. The topological polar surface area (TPSA) is 68.8 Å². The van der Waals surface area contributed by atoms with E-state index in [1.54, 1.807) is 6.33 Å². The number of nitrogens with two attached hydrogens (primary N) is 1. The number of hydrogen-bond acceptors (Lipinski definition) is 4. The van der Waals surface area contributed by atoms with Crippen LogP contribution in [0.25, 0.3) is 0 Å². The van der Waals surface area contributed by atoms with Crippen molar-refractivity contribution in [3.05, 3.63) is 46.5 Å². The van der Waals surface area contributed by atoms with E-state index in [-0.39, 0.29) is 6.04 Å². The minimum Gasteiger partial charge on any atom is -0.271 e. The fourth-order valence-corrected chi connectivity index (χ4v) is 3.01. The van der Waals surface area contributed by atoms with Crippen LogP contribution in [0.1, 0.15) is 47.5 Å². The van der Waals surface area contributed by atoms with Crippen molar-refractivity contribution in [3.63, 3.8) is 0 Å². The van der Waals surface area contributed by atoms with E-state index in [9.17, 15) is 0 Å². The van der Waals surface area contributed by atoms with Gasteiger partial charge >= 0.3 is 0 Å². The first kappa shape index (κ1) is 15.7. The summed E-state index contributed by atoms with van der Waals surface area (Å²) in [5.41, 5.74) is 8.00. The van der Waals surface area contributed by atoms with Gasteiger partial charge in [-0.05, 0) is 43.9 Å². The van der Waals surface area contributed by atoms with Crippen molar-refractivity contribution < 1.29 is 0 Å². The highest BCUT2D eigenvalue weighted by Gasteiger charge is 2.18. The molecule has 1 heterocycles. The van der Waals surface area contributed by atoms with Crippen molar-refractivity contribution in [1.82, 2.24) is 20.2 Å². The van der Waals surface area contributed by atoms with Crippen LogP contribution in [-0.4, -0.2) is 14.8 Å². The Bertz CT molecular complexity index is 579. The molecule has 0 spiro atoms. The first-order valence-corrected chi connectivity index (χ1v) is 7.47. The molecule has 0 saturated carbocycles. The minimum atomic E-state index is 0.0467. The number of aryl methyl sites for hydroxylation is 4. The van der Waals surface area contributed by atoms with Gasteiger partial charge in [0.1, 0.15) is 12.2 Å². The first-order valence-electron chi connectivity index (χ1n) is 7.47. The molecule has 0 aliphatic rings. The van der Waals surface area contributed by atoms with Gasteiger partial charge in [-0.25, -0.2) is 4.98 Å². The summed E-state index contributed by atoms with van der Waals surface area (Å²) in [7, 11) is 0. The van der Waals surface area contributed by atoms with E-state index >= 15 is 0 Å². The third-order valence-electron chi connectivity index (χ3n) is 3.81. The zero-order chi connectivity index (χ0) is 15.4. The monoisotopic (exact) mass is 287 g/mol. The fourth-order valence-electron chi connectivity index (χ4n) is 3.01. The van der Waals surface area contributed by atoms with E-state index < -0.39 is 0 Å². The van der Waals surface area contributed by atoms with E-state index in [2.05, 4.69) is 55.3 Å². The molecule has 0 bridgehead atoms. The maximum atomic E-state index is 5.81. The summed E-state index contributed by atoms with van der Waals surface area (Å²) in [5.74, 6) is 6.79. The van der Waals surface area contributed by atoms with Gasteiger partial charge in [-0.15, -0.1) is 0 Å². The summed E-state index contributed by atoms with van der Waals surface area (Å²) in [4.78, 5) is 4.38. The summed E-state index contributed by atoms with van der Waals surface area (Å²) in [5, 5.41) is 4.28. The summed E-state index contributed by atoms with van der Waals surface area (Å²) < 4.78 is 1.96. The van der Waals surface area contributed by atoms with Crippen molar-refractivity contribution in [2.24, 2.45) is 5.84 Å². The molecule has 2 rings (SSSR count). The van der Waals surface area contributed by atoms with E-state index in [4.69, 9.17) is 5.84 Å². The van der Waals surface area contributed by atoms with Gasteiger partial charge in [0.25, 0.3) is 0 Å². The number of nitrogens with one attached hydrogen (secondary N) is 1. The molecule has 1 atom stereocenters. The Morgan fingerprint density at radius 3 is 2.48 bits per heavy atom. The van der Waals surface area contributed by atoms with Gasteiger partial charge in [-0.3, -0.25) is 16.0 Å². The van der Waals surface area contributed by atoms with Crippen LogP contribution >= 0.6 is 0 Å². The molecule has 21 heavy (non-hydrogen) atoms. The fraction of sp³-hybridized carbons (Fsp3) is 0.500. The highest BCUT2D eigenvalue weighted by Crippen LogP contribution is 2.25. The molecule has 0 aliphatic heterocycles. The lowest BCUT2D eigenvalue weighted by atomic mass is 9.92. The SMILES string of the molecule is CCCn1ncnc1CC(NN)c1c(C)cc(C)cc1C. The lowest BCUT2D eigenvalue weighted by Gasteiger charge is -2.21. The summed E-state index contributed by atoms with van der Waals surface area (Å²) in [6, 6.07) is 4.44. The van der Waals surface area contributed by atoms with Crippen molar-refractivity contribution in [1.29, 1.82) is 0 Å². The molecule has 3 N–H and O–H groups in total. The zero-order valence-electron chi connectivity index (χ0n) is 13.3. The van der Waals surface area contributed by atoms with Crippen LogP contribution in [0.2, 0.25) is 0 Å². The Morgan fingerprint density at radius 1 is 1.24 bits per heavy atom. The van der Waals surface area contributed by atoms with Gasteiger partial charge in [0, 0.05) is 13.0 Å². The van der Waals surface area contributed by atoms with Gasteiger partial charge in [-0.1, -0.05) is 24.6 Å². The third kappa shape index (κ3) is 3.49. The molecule has 0 amide bonds. The lowest BCUT2D eigenvalue weighted by Crippen LogP contribution is -2.31. The largest absolute Gasteiger partial charge is 0.271 e. The number of hydrogen-bond donors (Lipinski definition) is 2. The normalized spacial score (nSPS) is 12.6. The predicted octanol–water partition coefficient (Wildman–Crippen LogP) is 2.36. The molecule has 0 aliphatic carbocycles. The van der Waals surface area contributed by atoms with Gasteiger partial charge in [0.15, 0.2) is 0 Å². The Labute approximate surface area is 126 Å². The molecule has 2 aromatic rings. The van der Waals surface area contributed by atoms with Gasteiger partial charge in [0.05, 0.1) is 6.04 Å². The highest BCUT2D eigenvalue weighted by molar-refractivity contribution is 5.40. The second kappa shape index (κ2) is 6.83. The van der Waals surface area contributed by atoms with Crippen molar-refractivity contribution in [2.45, 2.75) is 53.1 Å². The smallest absolute Gasteiger partial charge is 0.138 e. The Kier molecular flexibility index (Phi) is 5.09. The molecule has 1 aromatic heterocycles. The lowest BCUT2D eigenvalue weighted by molar-refractivity contribution is 0.496. The zero-order valence-corrected chi connectivity index (χ0v) is 13.3. The summed E-state index contributed by atoms with van der Waals surface area (Å²) in [6.45, 7) is 9.41. The number of benzene rings is 1.